The number of carbonyl (C=O) groups is 1. The van der Waals surface area contributed by atoms with E-state index in [0.717, 1.165) is 22.6 Å². The van der Waals surface area contributed by atoms with E-state index in [1.54, 1.807) is 13.2 Å². The molecule has 1 N–H and O–H groups in total. The Labute approximate surface area is 195 Å². The molecular weight excluding hydrogens is 444 g/mol. The molecule has 0 saturated heterocycles. The van der Waals surface area contributed by atoms with Crippen LogP contribution in [0.2, 0.25) is 5.02 Å². The van der Waals surface area contributed by atoms with Gasteiger partial charge in [-0.05, 0) is 61.0 Å². The third-order valence-electron chi connectivity index (χ3n) is 4.73. The van der Waals surface area contributed by atoms with Gasteiger partial charge in [0.15, 0.2) is 11.0 Å². The van der Waals surface area contributed by atoms with Crippen LogP contribution in [0.15, 0.2) is 78.0 Å². The lowest BCUT2D eigenvalue weighted by molar-refractivity contribution is -0.113. The van der Waals surface area contributed by atoms with Crippen LogP contribution in [0.5, 0.6) is 5.75 Å². The number of ether oxygens (including phenoxy) is 1. The number of rotatable bonds is 7. The molecule has 4 rings (SSSR count). The van der Waals surface area contributed by atoms with Crippen molar-refractivity contribution < 1.29 is 9.53 Å². The lowest BCUT2D eigenvalue weighted by Gasteiger charge is -2.11. The standard InChI is InChI=1S/C24H21ClN4O2S/c1-16-8-13-21(20(25)14-16)26-22(30)15-32-24-28-27-23(17-9-11-19(31-2)12-10-17)29(24)18-6-4-3-5-7-18/h3-14H,15H2,1-2H3,(H,26,30). The molecule has 32 heavy (non-hydrogen) atoms. The second-order valence-corrected chi connectivity index (χ2v) is 8.38. The number of benzene rings is 3. The summed E-state index contributed by atoms with van der Waals surface area (Å²) in [5.74, 6) is 1.44. The fourth-order valence-corrected chi connectivity index (χ4v) is 4.17. The highest BCUT2D eigenvalue weighted by atomic mass is 35.5. The van der Waals surface area contributed by atoms with E-state index in [4.69, 9.17) is 16.3 Å². The minimum Gasteiger partial charge on any atom is -0.497 e. The van der Waals surface area contributed by atoms with Gasteiger partial charge in [-0.3, -0.25) is 9.36 Å². The molecule has 8 heteroatoms. The van der Waals surface area contributed by atoms with E-state index in [2.05, 4.69) is 15.5 Å². The summed E-state index contributed by atoms with van der Waals surface area (Å²) in [5, 5.41) is 12.7. The average Bonchev–Trinajstić information content (AvgIpc) is 3.24. The lowest BCUT2D eigenvalue weighted by atomic mass is 10.2. The lowest BCUT2D eigenvalue weighted by Crippen LogP contribution is -2.15. The number of halogens is 1. The number of aromatic nitrogens is 3. The molecule has 0 spiro atoms. The van der Waals surface area contributed by atoms with Crippen molar-refractivity contribution in [3.8, 4) is 22.8 Å². The van der Waals surface area contributed by atoms with Crippen LogP contribution in [0.3, 0.4) is 0 Å². The molecule has 0 aliphatic carbocycles. The molecule has 1 amide bonds. The van der Waals surface area contributed by atoms with Gasteiger partial charge in [0.05, 0.1) is 23.6 Å². The number of carbonyl (C=O) groups excluding carboxylic acids is 1. The average molecular weight is 465 g/mol. The Hall–Kier alpha value is -3.29. The number of nitrogens with one attached hydrogen (secondary N) is 1. The van der Waals surface area contributed by atoms with Gasteiger partial charge in [0.1, 0.15) is 5.75 Å². The van der Waals surface area contributed by atoms with Gasteiger partial charge in [-0.2, -0.15) is 0 Å². The van der Waals surface area contributed by atoms with Crippen LogP contribution in [0, 0.1) is 6.92 Å². The third kappa shape index (κ3) is 4.95. The quantitative estimate of drug-likeness (QED) is 0.359. The van der Waals surface area contributed by atoms with E-state index in [-0.39, 0.29) is 11.7 Å². The fraction of sp³-hybridized carbons (Fsp3) is 0.125. The van der Waals surface area contributed by atoms with Crippen molar-refractivity contribution in [2.45, 2.75) is 12.1 Å². The molecule has 6 nitrogen and oxygen atoms in total. The fourth-order valence-electron chi connectivity index (χ4n) is 3.14. The molecular formula is C24H21ClN4O2S. The molecule has 1 heterocycles. The smallest absolute Gasteiger partial charge is 0.234 e. The van der Waals surface area contributed by atoms with Crippen molar-refractivity contribution in [1.29, 1.82) is 0 Å². The maximum Gasteiger partial charge on any atom is 0.234 e. The molecule has 0 fully saturated rings. The highest BCUT2D eigenvalue weighted by Gasteiger charge is 2.17. The summed E-state index contributed by atoms with van der Waals surface area (Å²) in [6.07, 6.45) is 0. The zero-order valence-corrected chi connectivity index (χ0v) is 19.2. The minimum atomic E-state index is -0.172. The van der Waals surface area contributed by atoms with E-state index in [9.17, 15) is 4.79 Å². The number of thioether (sulfide) groups is 1. The second kappa shape index (κ2) is 9.89. The summed E-state index contributed by atoms with van der Waals surface area (Å²) in [7, 11) is 1.63. The molecule has 0 aliphatic heterocycles. The zero-order chi connectivity index (χ0) is 22.5. The summed E-state index contributed by atoms with van der Waals surface area (Å²) >= 11 is 7.54. The Morgan fingerprint density at radius 3 is 2.50 bits per heavy atom. The van der Waals surface area contributed by atoms with E-state index < -0.39 is 0 Å². The third-order valence-corrected chi connectivity index (χ3v) is 5.97. The summed E-state index contributed by atoms with van der Waals surface area (Å²) in [6.45, 7) is 1.95. The maximum absolute atomic E-state index is 12.6. The number of hydrogen-bond acceptors (Lipinski definition) is 5. The predicted octanol–water partition coefficient (Wildman–Crippen LogP) is 5.64. The van der Waals surface area contributed by atoms with Gasteiger partial charge in [0.2, 0.25) is 5.91 Å². The monoisotopic (exact) mass is 464 g/mol. The number of para-hydroxylation sites is 1. The van der Waals surface area contributed by atoms with Crippen LogP contribution in [-0.2, 0) is 4.79 Å². The maximum atomic E-state index is 12.6. The Morgan fingerprint density at radius 2 is 1.81 bits per heavy atom. The van der Waals surface area contributed by atoms with E-state index >= 15 is 0 Å². The van der Waals surface area contributed by atoms with Crippen molar-refractivity contribution in [3.05, 3.63) is 83.4 Å². The Balaban J connectivity index is 1.58. The highest BCUT2D eigenvalue weighted by Crippen LogP contribution is 2.29. The van der Waals surface area contributed by atoms with Crippen LogP contribution in [0.1, 0.15) is 5.56 Å². The van der Waals surface area contributed by atoms with Gasteiger partial charge in [-0.1, -0.05) is 47.6 Å². The normalized spacial score (nSPS) is 10.7. The number of methoxy groups -OCH3 is 1. The summed E-state index contributed by atoms with van der Waals surface area (Å²) in [6, 6.07) is 23.0. The summed E-state index contributed by atoms with van der Waals surface area (Å²) < 4.78 is 7.20. The van der Waals surface area contributed by atoms with Crippen LogP contribution in [0.25, 0.3) is 17.1 Å². The van der Waals surface area contributed by atoms with Gasteiger partial charge in [0, 0.05) is 11.3 Å². The molecule has 3 aromatic carbocycles. The van der Waals surface area contributed by atoms with Gasteiger partial charge in [-0.25, -0.2) is 0 Å². The first kappa shape index (κ1) is 21.9. The van der Waals surface area contributed by atoms with Crippen LogP contribution in [-0.4, -0.2) is 33.5 Å². The summed E-state index contributed by atoms with van der Waals surface area (Å²) in [5.41, 5.74) is 3.42. The van der Waals surface area contributed by atoms with Crippen molar-refractivity contribution in [1.82, 2.24) is 14.8 Å². The van der Waals surface area contributed by atoms with Gasteiger partial charge in [-0.15, -0.1) is 10.2 Å². The van der Waals surface area contributed by atoms with Crippen molar-refractivity contribution in [3.63, 3.8) is 0 Å². The van der Waals surface area contributed by atoms with Gasteiger partial charge < -0.3 is 10.1 Å². The first-order valence-corrected chi connectivity index (χ1v) is 11.3. The van der Waals surface area contributed by atoms with Crippen LogP contribution < -0.4 is 10.1 Å². The number of amides is 1. The molecule has 0 unspecified atom stereocenters. The highest BCUT2D eigenvalue weighted by molar-refractivity contribution is 7.99. The van der Waals surface area contributed by atoms with Crippen molar-refractivity contribution in [2.75, 3.05) is 18.2 Å². The number of hydrogen-bond donors (Lipinski definition) is 1. The summed E-state index contributed by atoms with van der Waals surface area (Å²) in [4.78, 5) is 12.6. The minimum absolute atomic E-state index is 0.164. The Kier molecular flexibility index (Phi) is 6.78. The molecule has 0 aliphatic rings. The molecule has 0 saturated carbocycles. The first-order valence-electron chi connectivity index (χ1n) is 9.89. The first-order chi connectivity index (χ1) is 15.5. The molecule has 162 valence electrons. The number of aryl methyl sites for hydroxylation is 1. The largest absolute Gasteiger partial charge is 0.497 e. The van der Waals surface area contributed by atoms with E-state index in [0.29, 0.717) is 21.7 Å². The van der Waals surface area contributed by atoms with Crippen molar-refractivity contribution >= 4 is 35.0 Å². The molecule has 0 atom stereocenters. The second-order valence-electron chi connectivity index (χ2n) is 7.03. The van der Waals surface area contributed by atoms with E-state index in [1.165, 1.54) is 11.8 Å². The zero-order valence-electron chi connectivity index (χ0n) is 17.6. The molecule has 1 aromatic heterocycles. The van der Waals surface area contributed by atoms with E-state index in [1.807, 2.05) is 78.2 Å². The van der Waals surface area contributed by atoms with Crippen molar-refractivity contribution in [2.24, 2.45) is 0 Å². The molecule has 4 aromatic rings. The number of nitrogens with zero attached hydrogens (tertiary/aromatic N) is 3. The SMILES string of the molecule is COc1ccc(-c2nnc(SCC(=O)Nc3ccc(C)cc3Cl)n2-c2ccccc2)cc1. The molecule has 0 radical (unpaired) electrons. The van der Waals surface area contributed by atoms with Gasteiger partial charge >= 0.3 is 0 Å². The topological polar surface area (TPSA) is 69.0 Å². The Morgan fingerprint density at radius 1 is 1.06 bits per heavy atom. The Bertz CT molecular complexity index is 1230. The predicted molar refractivity (Wildman–Crippen MR) is 129 cm³/mol. The van der Waals surface area contributed by atoms with Gasteiger partial charge in [0.25, 0.3) is 0 Å². The van der Waals surface area contributed by atoms with Crippen LogP contribution in [0.4, 0.5) is 5.69 Å². The number of anilines is 1. The molecule has 0 bridgehead atoms. The van der Waals surface area contributed by atoms with Crippen LogP contribution >= 0.6 is 23.4 Å².